The van der Waals surface area contributed by atoms with Crippen LogP contribution in [0.25, 0.3) is 0 Å². The van der Waals surface area contributed by atoms with E-state index in [1.54, 1.807) is 18.1 Å². The Balaban J connectivity index is 1.32. The molecule has 9 heteroatoms. The third-order valence-corrected chi connectivity index (χ3v) is 6.10. The Hall–Kier alpha value is -2.84. The fraction of sp³-hybridized carbons (Fsp3) is 0.652. The Kier molecular flexibility index (Phi) is 6.53. The molecule has 1 aliphatic heterocycles. The summed E-state index contributed by atoms with van der Waals surface area (Å²) in [4.78, 5) is 25.3. The molecule has 1 amide bonds. The minimum atomic E-state index is -0.486. The number of hydrogen-bond donors (Lipinski definition) is 2. The maximum Gasteiger partial charge on any atom is 0.410 e. The lowest BCUT2D eigenvalue weighted by Gasteiger charge is -2.26. The van der Waals surface area contributed by atoms with E-state index in [9.17, 15) is 4.79 Å². The fourth-order valence-corrected chi connectivity index (χ4v) is 4.51. The van der Waals surface area contributed by atoms with Gasteiger partial charge in [0.25, 0.3) is 0 Å². The lowest BCUT2D eigenvalue weighted by Crippen LogP contribution is -2.37. The summed E-state index contributed by atoms with van der Waals surface area (Å²) in [6.45, 7) is 7.97. The average molecular weight is 442 g/mol. The van der Waals surface area contributed by atoms with E-state index in [2.05, 4.69) is 31.5 Å². The highest BCUT2D eigenvalue weighted by molar-refractivity contribution is 5.67. The third-order valence-electron chi connectivity index (χ3n) is 6.10. The van der Waals surface area contributed by atoms with Crippen LogP contribution < -0.4 is 10.2 Å². The van der Waals surface area contributed by atoms with Gasteiger partial charge in [-0.05, 0) is 52.0 Å². The first-order valence-electron chi connectivity index (χ1n) is 11.6. The second kappa shape index (κ2) is 9.34. The number of ether oxygens (including phenoxy) is 1. The van der Waals surface area contributed by atoms with Crippen molar-refractivity contribution in [1.29, 1.82) is 0 Å². The molecule has 32 heavy (non-hydrogen) atoms. The molecule has 1 saturated carbocycles. The first-order chi connectivity index (χ1) is 15.3. The number of aromatic nitrogens is 4. The van der Waals surface area contributed by atoms with Crippen LogP contribution in [0.2, 0.25) is 0 Å². The fourth-order valence-electron chi connectivity index (χ4n) is 4.51. The molecule has 9 nitrogen and oxygen atoms in total. The van der Waals surface area contributed by atoms with Crippen molar-refractivity contribution in [2.75, 3.05) is 36.9 Å². The number of anilines is 3. The van der Waals surface area contributed by atoms with Gasteiger partial charge in [0.1, 0.15) is 11.4 Å². The van der Waals surface area contributed by atoms with Gasteiger partial charge in [-0.25, -0.2) is 9.78 Å². The summed E-state index contributed by atoms with van der Waals surface area (Å²) >= 11 is 0. The van der Waals surface area contributed by atoms with Crippen LogP contribution in [-0.4, -0.2) is 63.4 Å². The van der Waals surface area contributed by atoms with Crippen molar-refractivity contribution in [2.45, 2.75) is 64.4 Å². The molecule has 0 unspecified atom stereocenters. The third kappa shape index (κ3) is 5.69. The molecule has 174 valence electrons. The quantitative estimate of drug-likeness (QED) is 0.690. The molecule has 1 saturated heterocycles. The molecule has 2 aliphatic rings. The van der Waals surface area contributed by atoms with Gasteiger partial charge >= 0.3 is 6.09 Å². The number of carbonyl (C=O) groups excluding carboxylic acids is 1. The van der Waals surface area contributed by atoms with E-state index in [4.69, 9.17) is 9.72 Å². The summed E-state index contributed by atoms with van der Waals surface area (Å²) in [5.74, 6) is 3.17. The van der Waals surface area contributed by atoms with Gasteiger partial charge in [0, 0.05) is 50.6 Å². The van der Waals surface area contributed by atoms with Crippen LogP contribution >= 0.6 is 0 Å². The number of amides is 1. The molecule has 2 aromatic heterocycles. The van der Waals surface area contributed by atoms with Crippen molar-refractivity contribution in [3.63, 3.8) is 0 Å². The molecule has 2 N–H and O–H groups in total. The van der Waals surface area contributed by atoms with E-state index in [0.717, 1.165) is 31.1 Å². The highest BCUT2D eigenvalue weighted by Crippen LogP contribution is 2.34. The van der Waals surface area contributed by atoms with Crippen molar-refractivity contribution < 1.29 is 9.53 Å². The molecule has 2 fully saturated rings. The van der Waals surface area contributed by atoms with E-state index in [1.165, 1.54) is 31.4 Å². The number of nitrogens with zero attached hydrogens (tertiary/aromatic N) is 5. The lowest BCUT2D eigenvalue weighted by molar-refractivity contribution is 0.0277. The topological polar surface area (TPSA) is 99.3 Å². The number of aromatic amines is 1. The molecular weight excluding hydrogens is 406 g/mol. The van der Waals surface area contributed by atoms with E-state index in [-0.39, 0.29) is 6.09 Å². The molecular formula is C23H35N7O2. The summed E-state index contributed by atoms with van der Waals surface area (Å²) in [7, 11) is 1.79. The van der Waals surface area contributed by atoms with Gasteiger partial charge in [-0.1, -0.05) is 12.8 Å². The Morgan fingerprint density at radius 1 is 1.28 bits per heavy atom. The maximum absolute atomic E-state index is 12.3. The van der Waals surface area contributed by atoms with Crippen LogP contribution in [-0.2, 0) is 4.74 Å². The second-order valence-electron chi connectivity index (χ2n) is 10.0. The molecule has 4 rings (SSSR count). The lowest BCUT2D eigenvalue weighted by atomic mass is 10.0. The van der Waals surface area contributed by atoms with E-state index < -0.39 is 5.60 Å². The Labute approximate surface area is 189 Å². The van der Waals surface area contributed by atoms with Crippen LogP contribution in [0.15, 0.2) is 18.3 Å². The zero-order chi connectivity index (χ0) is 22.7. The molecule has 1 aliphatic carbocycles. The number of hydrogen-bond acceptors (Lipinski definition) is 7. The summed E-state index contributed by atoms with van der Waals surface area (Å²) in [5, 5.41) is 10.9. The molecule has 1 atom stereocenters. The number of H-pyrrole nitrogens is 1. The predicted molar refractivity (Wildman–Crippen MR) is 124 cm³/mol. The van der Waals surface area contributed by atoms with Crippen molar-refractivity contribution in [3.8, 4) is 0 Å². The molecule has 0 aromatic carbocycles. The van der Waals surface area contributed by atoms with Crippen LogP contribution in [0.4, 0.5) is 22.4 Å². The van der Waals surface area contributed by atoms with Gasteiger partial charge in [0.05, 0.1) is 0 Å². The minimum absolute atomic E-state index is 0.283. The molecule has 0 spiro atoms. The summed E-state index contributed by atoms with van der Waals surface area (Å²) in [5.41, 5.74) is 0.719. The zero-order valence-electron chi connectivity index (χ0n) is 19.6. The minimum Gasteiger partial charge on any atom is -0.444 e. The molecule has 2 aromatic rings. The van der Waals surface area contributed by atoms with Crippen LogP contribution in [0, 0.1) is 5.92 Å². The predicted octanol–water partition coefficient (Wildman–Crippen LogP) is 4.29. The highest BCUT2D eigenvalue weighted by atomic mass is 16.6. The van der Waals surface area contributed by atoms with E-state index in [1.807, 2.05) is 26.8 Å². The standard InChI is InChI=1S/C23H35N7O2/c1-23(2,3)32-22(31)29(4)14-16-10-12-30(15-16)21-24-11-9-19(26-21)25-20-13-18(27-28-20)17-7-5-6-8-17/h9,11,13,16-17H,5-8,10,12,14-15H2,1-4H3,(H2,24,25,26,27,28)/t16-/m1/s1. The second-order valence-corrected chi connectivity index (χ2v) is 10.0. The van der Waals surface area contributed by atoms with Gasteiger partial charge < -0.3 is 19.9 Å². The molecule has 0 bridgehead atoms. The van der Waals surface area contributed by atoms with E-state index >= 15 is 0 Å². The maximum atomic E-state index is 12.3. The van der Waals surface area contributed by atoms with Crippen LogP contribution in [0.1, 0.15) is 64.5 Å². The van der Waals surface area contributed by atoms with Gasteiger partial charge in [-0.3, -0.25) is 5.10 Å². The summed E-state index contributed by atoms with van der Waals surface area (Å²) < 4.78 is 5.46. The average Bonchev–Trinajstić information content (AvgIpc) is 3.48. The Bertz CT molecular complexity index is 917. The number of rotatable bonds is 6. The van der Waals surface area contributed by atoms with Crippen molar-refractivity contribution in [3.05, 3.63) is 24.0 Å². The van der Waals surface area contributed by atoms with Gasteiger partial charge in [-0.15, -0.1) is 0 Å². The smallest absolute Gasteiger partial charge is 0.410 e. The van der Waals surface area contributed by atoms with Crippen LogP contribution in [0.3, 0.4) is 0 Å². The van der Waals surface area contributed by atoms with Gasteiger partial charge in [-0.2, -0.15) is 10.1 Å². The largest absolute Gasteiger partial charge is 0.444 e. The first-order valence-corrected chi connectivity index (χ1v) is 11.6. The molecule has 0 radical (unpaired) electrons. The van der Waals surface area contributed by atoms with Gasteiger partial charge in [0.2, 0.25) is 5.95 Å². The Morgan fingerprint density at radius 2 is 2.06 bits per heavy atom. The van der Waals surface area contributed by atoms with Crippen LogP contribution in [0.5, 0.6) is 0 Å². The monoisotopic (exact) mass is 441 g/mol. The van der Waals surface area contributed by atoms with Crippen molar-refractivity contribution >= 4 is 23.7 Å². The van der Waals surface area contributed by atoms with E-state index in [0.29, 0.717) is 24.3 Å². The molecule has 3 heterocycles. The Morgan fingerprint density at radius 3 is 2.81 bits per heavy atom. The summed E-state index contributed by atoms with van der Waals surface area (Å²) in [6.07, 6.45) is 7.54. The first kappa shape index (κ1) is 22.4. The number of carbonyl (C=O) groups is 1. The summed E-state index contributed by atoms with van der Waals surface area (Å²) in [6, 6.07) is 3.95. The zero-order valence-corrected chi connectivity index (χ0v) is 19.6. The normalized spacial score (nSPS) is 19.4. The number of nitrogens with one attached hydrogen (secondary N) is 2. The van der Waals surface area contributed by atoms with Crippen molar-refractivity contribution in [2.24, 2.45) is 5.92 Å². The SMILES string of the molecule is CN(C[C@H]1CCN(c2nccc(Nc3cc(C4CCCC4)[nH]n3)n2)C1)C(=O)OC(C)(C)C. The highest BCUT2D eigenvalue weighted by Gasteiger charge is 2.28. The van der Waals surface area contributed by atoms with Gasteiger partial charge in [0.15, 0.2) is 5.82 Å². The van der Waals surface area contributed by atoms with Crippen molar-refractivity contribution in [1.82, 2.24) is 25.1 Å².